The fourth-order valence-electron chi connectivity index (χ4n) is 3.52. The molecule has 0 saturated carbocycles. The lowest BCUT2D eigenvalue weighted by molar-refractivity contribution is -0.135. The van der Waals surface area contributed by atoms with E-state index in [1.54, 1.807) is 29.2 Å². The molecular formula is C22H26ClN3O2. The molecule has 6 heteroatoms. The van der Waals surface area contributed by atoms with Crippen LogP contribution in [0.25, 0.3) is 0 Å². The van der Waals surface area contributed by atoms with Crippen molar-refractivity contribution in [3.63, 3.8) is 0 Å². The van der Waals surface area contributed by atoms with E-state index in [2.05, 4.69) is 0 Å². The molecule has 0 spiro atoms. The number of halogens is 1. The van der Waals surface area contributed by atoms with Gasteiger partial charge in [-0.25, -0.2) is 0 Å². The van der Waals surface area contributed by atoms with E-state index < -0.39 is 0 Å². The molecule has 5 nitrogen and oxygen atoms in total. The number of hydrogen-bond donors (Lipinski definition) is 1. The summed E-state index contributed by atoms with van der Waals surface area (Å²) in [6.07, 6.45) is 0.748. The highest BCUT2D eigenvalue weighted by Gasteiger charge is 2.29. The van der Waals surface area contributed by atoms with Crippen LogP contribution in [0.15, 0.2) is 54.6 Å². The second-order valence-electron chi connectivity index (χ2n) is 7.20. The first-order valence-electron chi connectivity index (χ1n) is 9.61. The van der Waals surface area contributed by atoms with E-state index in [4.69, 9.17) is 17.3 Å². The quantitative estimate of drug-likeness (QED) is 0.857. The van der Waals surface area contributed by atoms with Gasteiger partial charge in [-0.1, -0.05) is 48.9 Å². The number of hydrogen-bond acceptors (Lipinski definition) is 3. The molecule has 1 heterocycles. The fourth-order valence-corrected chi connectivity index (χ4v) is 3.65. The van der Waals surface area contributed by atoms with E-state index in [1.165, 1.54) is 0 Å². The van der Waals surface area contributed by atoms with Crippen LogP contribution in [0, 0.1) is 5.92 Å². The third kappa shape index (κ3) is 4.72. The normalized spacial score (nSPS) is 17.0. The van der Waals surface area contributed by atoms with Crippen LogP contribution in [0.3, 0.4) is 0 Å². The summed E-state index contributed by atoms with van der Waals surface area (Å²) in [6, 6.07) is 16.3. The van der Waals surface area contributed by atoms with Gasteiger partial charge < -0.3 is 15.5 Å². The van der Waals surface area contributed by atoms with Crippen LogP contribution in [0.2, 0.25) is 5.02 Å². The maximum absolute atomic E-state index is 13.0. The maximum Gasteiger partial charge on any atom is 0.253 e. The van der Waals surface area contributed by atoms with E-state index >= 15 is 0 Å². The van der Waals surface area contributed by atoms with Crippen LogP contribution in [-0.4, -0.2) is 47.8 Å². The Kier molecular flexibility index (Phi) is 6.70. The van der Waals surface area contributed by atoms with Crippen molar-refractivity contribution in [1.82, 2.24) is 9.80 Å². The number of rotatable bonds is 4. The Bertz CT molecular complexity index is 810. The molecule has 148 valence electrons. The molecule has 2 N–H and O–H groups in total. The molecule has 2 atom stereocenters. The van der Waals surface area contributed by atoms with E-state index in [9.17, 15) is 9.59 Å². The first kappa shape index (κ1) is 20.4. The first-order valence-corrected chi connectivity index (χ1v) is 9.99. The van der Waals surface area contributed by atoms with Gasteiger partial charge in [0.05, 0.1) is 5.92 Å². The Labute approximate surface area is 171 Å². The van der Waals surface area contributed by atoms with Crippen LogP contribution in [0.4, 0.5) is 0 Å². The second-order valence-corrected chi connectivity index (χ2v) is 7.64. The monoisotopic (exact) mass is 399 g/mol. The topological polar surface area (TPSA) is 66.6 Å². The summed E-state index contributed by atoms with van der Waals surface area (Å²) in [6.45, 7) is 4.17. The number of nitrogens with zero attached hydrogens (tertiary/aromatic N) is 2. The molecule has 0 aliphatic carbocycles. The van der Waals surface area contributed by atoms with Crippen molar-refractivity contribution in [2.45, 2.75) is 19.4 Å². The minimum atomic E-state index is -0.344. The summed E-state index contributed by atoms with van der Waals surface area (Å²) < 4.78 is 0. The van der Waals surface area contributed by atoms with Crippen LogP contribution >= 0.6 is 11.6 Å². The molecule has 3 rings (SSSR count). The SMILES string of the molecule is CC(C(=O)N1CCCN(C(=O)c2ccc(Cl)cc2)CC1)C(N)c1ccccc1. The van der Waals surface area contributed by atoms with Crippen molar-refractivity contribution in [3.05, 3.63) is 70.7 Å². The molecule has 1 aliphatic rings. The van der Waals surface area contributed by atoms with Gasteiger partial charge in [0.2, 0.25) is 5.91 Å². The van der Waals surface area contributed by atoms with Crippen molar-refractivity contribution >= 4 is 23.4 Å². The zero-order valence-electron chi connectivity index (χ0n) is 16.1. The summed E-state index contributed by atoms with van der Waals surface area (Å²) in [4.78, 5) is 29.3. The molecule has 2 unspecified atom stereocenters. The molecule has 1 aliphatic heterocycles. The van der Waals surface area contributed by atoms with Crippen molar-refractivity contribution in [2.24, 2.45) is 11.7 Å². The van der Waals surface area contributed by atoms with Crippen LogP contribution < -0.4 is 5.73 Å². The van der Waals surface area contributed by atoms with Gasteiger partial charge in [0.25, 0.3) is 5.91 Å². The summed E-state index contributed by atoms with van der Waals surface area (Å²) in [5, 5.41) is 0.605. The molecule has 28 heavy (non-hydrogen) atoms. The molecule has 0 radical (unpaired) electrons. The lowest BCUT2D eigenvalue weighted by Crippen LogP contribution is -2.42. The Hall–Kier alpha value is -2.37. The van der Waals surface area contributed by atoms with Gasteiger partial charge >= 0.3 is 0 Å². The van der Waals surface area contributed by atoms with Crippen molar-refractivity contribution in [2.75, 3.05) is 26.2 Å². The largest absolute Gasteiger partial charge is 0.341 e. The highest BCUT2D eigenvalue weighted by Crippen LogP contribution is 2.22. The molecule has 2 aromatic rings. The summed E-state index contributed by atoms with van der Waals surface area (Å²) in [5.41, 5.74) is 7.90. The van der Waals surface area contributed by atoms with Crippen molar-refractivity contribution in [3.8, 4) is 0 Å². The average Bonchev–Trinajstić information content (AvgIpc) is 2.99. The Morgan fingerprint density at radius 2 is 1.54 bits per heavy atom. The Morgan fingerprint density at radius 3 is 2.21 bits per heavy atom. The van der Waals surface area contributed by atoms with E-state index in [1.807, 2.05) is 42.2 Å². The number of amides is 2. The van der Waals surface area contributed by atoms with Crippen LogP contribution in [0.5, 0.6) is 0 Å². The standard InChI is InChI=1S/C22H26ClN3O2/c1-16(20(24)17-6-3-2-4-7-17)21(27)25-12-5-13-26(15-14-25)22(28)18-8-10-19(23)11-9-18/h2-4,6-11,16,20H,5,12-15,24H2,1H3. The molecular weight excluding hydrogens is 374 g/mol. The van der Waals surface area contributed by atoms with Gasteiger partial charge in [-0.05, 0) is 36.2 Å². The predicted octanol–water partition coefficient (Wildman–Crippen LogP) is 3.35. The molecule has 0 aromatic heterocycles. The van der Waals surface area contributed by atoms with Gasteiger partial charge in [-0.3, -0.25) is 9.59 Å². The summed E-state index contributed by atoms with van der Waals surface area (Å²) in [5.74, 6) is -0.307. The third-order valence-electron chi connectivity index (χ3n) is 5.30. The number of benzene rings is 2. The lowest BCUT2D eigenvalue weighted by atomic mass is 9.94. The molecule has 0 bridgehead atoms. The Balaban J connectivity index is 1.62. The van der Waals surface area contributed by atoms with E-state index in [-0.39, 0.29) is 23.8 Å². The fraction of sp³-hybridized carbons (Fsp3) is 0.364. The highest BCUT2D eigenvalue weighted by molar-refractivity contribution is 6.30. The lowest BCUT2D eigenvalue weighted by Gasteiger charge is -2.27. The Morgan fingerprint density at radius 1 is 0.929 bits per heavy atom. The predicted molar refractivity (Wildman–Crippen MR) is 111 cm³/mol. The zero-order valence-corrected chi connectivity index (χ0v) is 16.8. The zero-order chi connectivity index (χ0) is 20.1. The van der Waals surface area contributed by atoms with Gasteiger partial charge in [0.15, 0.2) is 0 Å². The third-order valence-corrected chi connectivity index (χ3v) is 5.55. The number of nitrogens with two attached hydrogens (primary N) is 1. The van der Waals surface area contributed by atoms with Crippen molar-refractivity contribution < 1.29 is 9.59 Å². The molecule has 2 aromatic carbocycles. The highest BCUT2D eigenvalue weighted by atomic mass is 35.5. The van der Waals surface area contributed by atoms with Crippen LogP contribution in [-0.2, 0) is 4.79 Å². The van der Waals surface area contributed by atoms with E-state index in [0.717, 1.165) is 12.0 Å². The maximum atomic E-state index is 13.0. The number of carbonyl (C=O) groups is 2. The van der Waals surface area contributed by atoms with Gasteiger partial charge in [-0.15, -0.1) is 0 Å². The molecule has 2 amide bonds. The summed E-state index contributed by atoms with van der Waals surface area (Å²) in [7, 11) is 0. The van der Waals surface area contributed by atoms with Crippen molar-refractivity contribution in [1.29, 1.82) is 0 Å². The average molecular weight is 400 g/mol. The number of carbonyl (C=O) groups excluding carboxylic acids is 2. The second kappa shape index (κ2) is 9.22. The van der Waals surface area contributed by atoms with Gasteiger partial charge in [-0.2, -0.15) is 0 Å². The smallest absolute Gasteiger partial charge is 0.253 e. The van der Waals surface area contributed by atoms with Gasteiger partial charge in [0.1, 0.15) is 0 Å². The molecule has 1 saturated heterocycles. The minimum absolute atomic E-state index is 0.0278. The first-order chi connectivity index (χ1) is 13.5. The van der Waals surface area contributed by atoms with Crippen LogP contribution in [0.1, 0.15) is 35.3 Å². The van der Waals surface area contributed by atoms with E-state index in [0.29, 0.717) is 36.8 Å². The van der Waals surface area contributed by atoms with Gasteiger partial charge in [0, 0.05) is 42.8 Å². The summed E-state index contributed by atoms with van der Waals surface area (Å²) >= 11 is 5.90. The minimum Gasteiger partial charge on any atom is -0.341 e. The molecule has 1 fully saturated rings.